The van der Waals surface area contributed by atoms with Gasteiger partial charge in [0.2, 0.25) is 0 Å². The summed E-state index contributed by atoms with van der Waals surface area (Å²) in [5.74, 6) is -0.313. The Kier molecular flexibility index (Phi) is 4.07. The molecule has 0 aliphatic heterocycles. The van der Waals surface area contributed by atoms with E-state index in [1.165, 1.54) is 6.07 Å². The highest BCUT2D eigenvalue weighted by Gasteiger charge is 2.22. The van der Waals surface area contributed by atoms with E-state index in [1.54, 1.807) is 30.3 Å². The van der Waals surface area contributed by atoms with Crippen molar-refractivity contribution in [1.29, 1.82) is 0 Å². The predicted octanol–water partition coefficient (Wildman–Crippen LogP) is 5.84. The van der Waals surface area contributed by atoms with Crippen molar-refractivity contribution in [1.82, 2.24) is 0 Å². The van der Waals surface area contributed by atoms with E-state index in [9.17, 15) is 9.59 Å². The second-order valence-electron chi connectivity index (χ2n) is 6.85. The first-order chi connectivity index (χ1) is 14.2. The van der Waals surface area contributed by atoms with Gasteiger partial charge in [-0.1, -0.05) is 78.9 Å². The molecule has 0 unspecified atom stereocenters. The van der Waals surface area contributed by atoms with Crippen LogP contribution >= 0.6 is 0 Å². The molecular weight excluding hydrogens is 360 g/mol. The van der Waals surface area contributed by atoms with E-state index in [0.717, 1.165) is 21.9 Å². The van der Waals surface area contributed by atoms with Crippen LogP contribution in [0.15, 0.2) is 106 Å². The molecule has 0 radical (unpaired) electrons. The summed E-state index contributed by atoms with van der Waals surface area (Å²) in [7, 11) is 0. The molecule has 0 aliphatic rings. The highest BCUT2D eigenvalue weighted by molar-refractivity contribution is 6.18. The van der Waals surface area contributed by atoms with E-state index in [4.69, 9.17) is 4.42 Å². The van der Waals surface area contributed by atoms with Crippen LogP contribution in [0.5, 0.6) is 0 Å². The fraction of sp³-hybridized carbons (Fsp3) is 0. The van der Waals surface area contributed by atoms with Crippen molar-refractivity contribution in [2.45, 2.75) is 0 Å². The number of para-hydroxylation sites is 1. The minimum atomic E-state index is -0.326. The number of ketones is 1. The molecule has 4 aromatic carbocycles. The number of fused-ring (bicyclic) bond motifs is 3. The summed E-state index contributed by atoms with van der Waals surface area (Å²) in [6.45, 7) is 0. The van der Waals surface area contributed by atoms with Gasteiger partial charge >= 0.3 is 0 Å². The van der Waals surface area contributed by atoms with E-state index < -0.39 is 0 Å². The molecule has 0 fully saturated rings. The Bertz CT molecular complexity index is 1420. The van der Waals surface area contributed by atoms with E-state index in [1.807, 2.05) is 60.7 Å². The van der Waals surface area contributed by atoms with Crippen molar-refractivity contribution < 1.29 is 9.21 Å². The first-order valence-corrected chi connectivity index (χ1v) is 9.38. The van der Waals surface area contributed by atoms with E-state index in [0.29, 0.717) is 16.7 Å². The lowest BCUT2D eigenvalue weighted by Crippen LogP contribution is -2.14. The molecule has 0 atom stereocenters. The zero-order chi connectivity index (χ0) is 19.8. The van der Waals surface area contributed by atoms with Crippen molar-refractivity contribution >= 4 is 27.7 Å². The molecule has 0 N–H and O–H groups in total. The Morgan fingerprint density at radius 3 is 2.07 bits per heavy atom. The SMILES string of the molecule is O=C(c1ccccc1)c1c(-c2ccccc2)c2oc3ccccc3c2ccc1=O. The lowest BCUT2D eigenvalue weighted by atomic mass is 9.95. The monoisotopic (exact) mass is 376 g/mol. The molecule has 0 aliphatic carbocycles. The van der Waals surface area contributed by atoms with E-state index >= 15 is 0 Å². The van der Waals surface area contributed by atoms with Gasteiger partial charge in [-0.05, 0) is 23.8 Å². The quantitative estimate of drug-likeness (QED) is 0.371. The minimum absolute atomic E-state index is 0.122. The summed E-state index contributed by atoms with van der Waals surface area (Å²) in [6, 6.07) is 29.2. The van der Waals surface area contributed by atoms with E-state index in [-0.39, 0.29) is 16.8 Å². The second-order valence-corrected chi connectivity index (χ2v) is 6.85. The highest BCUT2D eigenvalue weighted by Crippen LogP contribution is 2.36. The molecule has 0 amide bonds. The third-order valence-corrected chi connectivity index (χ3v) is 5.08. The molecule has 5 rings (SSSR count). The van der Waals surface area contributed by atoms with Gasteiger partial charge in [-0.15, -0.1) is 0 Å². The highest BCUT2D eigenvalue weighted by atomic mass is 16.3. The molecule has 0 spiro atoms. The van der Waals surface area contributed by atoms with Crippen LogP contribution in [0.1, 0.15) is 15.9 Å². The molecular formula is C26H16O3. The van der Waals surface area contributed by atoms with E-state index in [2.05, 4.69) is 0 Å². The number of rotatable bonds is 3. The number of hydrogen-bond donors (Lipinski definition) is 0. The van der Waals surface area contributed by atoms with Gasteiger partial charge in [0.1, 0.15) is 11.2 Å². The average Bonchev–Trinajstić information content (AvgIpc) is 3.07. The van der Waals surface area contributed by atoms with Crippen molar-refractivity contribution in [3.05, 3.63) is 118 Å². The molecule has 3 nitrogen and oxygen atoms in total. The maximum atomic E-state index is 13.4. The van der Waals surface area contributed by atoms with Crippen molar-refractivity contribution in [3.8, 4) is 11.1 Å². The van der Waals surface area contributed by atoms with Gasteiger partial charge < -0.3 is 4.42 Å². The molecule has 3 heteroatoms. The smallest absolute Gasteiger partial charge is 0.197 e. The fourth-order valence-electron chi connectivity index (χ4n) is 3.74. The van der Waals surface area contributed by atoms with Gasteiger partial charge in [-0.25, -0.2) is 0 Å². The topological polar surface area (TPSA) is 47.3 Å². The molecule has 0 saturated heterocycles. The van der Waals surface area contributed by atoms with Crippen LogP contribution in [-0.4, -0.2) is 5.78 Å². The predicted molar refractivity (Wildman–Crippen MR) is 115 cm³/mol. The number of benzene rings is 3. The van der Waals surface area contributed by atoms with Crippen LogP contribution in [0.4, 0.5) is 0 Å². The van der Waals surface area contributed by atoms with Gasteiger partial charge in [0.05, 0.1) is 5.56 Å². The Labute approximate surface area is 166 Å². The van der Waals surface area contributed by atoms with Crippen LogP contribution < -0.4 is 5.43 Å². The third-order valence-electron chi connectivity index (χ3n) is 5.08. The third kappa shape index (κ3) is 2.84. The fourth-order valence-corrected chi connectivity index (χ4v) is 3.74. The van der Waals surface area contributed by atoms with Gasteiger partial charge in [0.15, 0.2) is 11.2 Å². The summed E-state index contributed by atoms with van der Waals surface area (Å²) in [5, 5.41) is 1.72. The second kappa shape index (κ2) is 6.88. The number of hydrogen-bond acceptors (Lipinski definition) is 3. The first-order valence-electron chi connectivity index (χ1n) is 9.38. The van der Waals surface area contributed by atoms with Crippen LogP contribution in [0.2, 0.25) is 0 Å². The maximum absolute atomic E-state index is 13.4. The van der Waals surface area contributed by atoms with Crippen molar-refractivity contribution in [2.24, 2.45) is 0 Å². The standard InChI is InChI=1S/C26H16O3/c27-21-16-15-20-19-13-7-8-14-22(19)29-26(20)23(17-9-3-1-4-10-17)24(21)25(28)18-11-5-2-6-12-18/h1-16H. The maximum Gasteiger partial charge on any atom is 0.197 e. The van der Waals surface area contributed by atoms with Crippen LogP contribution in [0.25, 0.3) is 33.1 Å². The van der Waals surface area contributed by atoms with Crippen LogP contribution in [-0.2, 0) is 0 Å². The molecule has 1 heterocycles. The lowest BCUT2D eigenvalue weighted by Gasteiger charge is -2.07. The Morgan fingerprint density at radius 2 is 1.31 bits per heavy atom. The first kappa shape index (κ1) is 17.1. The largest absolute Gasteiger partial charge is 0.455 e. The van der Waals surface area contributed by atoms with Gasteiger partial charge in [0, 0.05) is 21.9 Å². The Hall–Kier alpha value is -3.98. The van der Waals surface area contributed by atoms with Crippen molar-refractivity contribution in [3.63, 3.8) is 0 Å². The lowest BCUT2D eigenvalue weighted by molar-refractivity contribution is 0.103. The minimum Gasteiger partial charge on any atom is -0.455 e. The van der Waals surface area contributed by atoms with Crippen LogP contribution in [0, 0.1) is 0 Å². The zero-order valence-electron chi connectivity index (χ0n) is 15.5. The molecule has 1 aromatic heterocycles. The summed E-state index contributed by atoms with van der Waals surface area (Å²) in [4.78, 5) is 26.5. The van der Waals surface area contributed by atoms with Crippen molar-refractivity contribution in [2.75, 3.05) is 0 Å². The van der Waals surface area contributed by atoms with Crippen LogP contribution in [0.3, 0.4) is 0 Å². The Balaban J connectivity index is 1.97. The summed E-state index contributed by atoms with van der Waals surface area (Å²) < 4.78 is 6.19. The normalized spacial score (nSPS) is 11.0. The van der Waals surface area contributed by atoms with Gasteiger partial charge in [-0.3, -0.25) is 9.59 Å². The zero-order valence-corrected chi connectivity index (χ0v) is 15.5. The number of carbonyl (C=O) groups is 1. The average molecular weight is 376 g/mol. The summed E-state index contributed by atoms with van der Waals surface area (Å²) >= 11 is 0. The molecule has 29 heavy (non-hydrogen) atoms. The summed E-state index contributed by atoms with van der Waals surface area (Å²) in [6.07, 6.45) is 0. The number of carbonyl (C=O) groups excluding carboxylic acids is 1. The summed E-state index contributed by atoms with van der Waals surface area (Å²) in [5.41, 5.74) is 2.82. The molecule has 0 saturated carbocycles. The van der Waals surface area contributed by atoms with Gasteiger partial charge in [-0.2, -0.15) is 0 Å². The Morgan fingerprint density at radius 1 is 0.655 bits per heavy atom. The molecule has 0 bridgehead atoms. The molecule has 5 aromatic rings. The number of furan rings is 1. The van der Waals surface area contributed by atoms with Gasteiger partial charge in [0.25, 0.3) is 0 Å². The molecule has 138 valence electrons.